The second-order valence-electron chi connectivity index (χ2n) is 5.68. The van der Waals surface area contributed by atoms with Gasteiger partial charge in [-0.05, 0) is 55.9 Å². The van der Waals surface area contributed by atoms with Crippen LogP contribution in [0, 0.1) is 5.92 Å². The van der Waals surface area contributed by atoms with E-state index in [2.05, 4.69) is 12.2 Å². The van der Waals surface area contributed by atoms with Crippen LogP contribution in [-0.4, -0.2) is 23.6 Å². The molecule has 2 rings (SSSR count). The lowest BCUT2D eigenvalue weighted by Gasteiger charge is -2.25. The summed E-state index contributed by atoms with van der Waals surface area (Å²) in [6.45, 7) is 2.37. The highest BCUT2D eigenvalue weighted by molar-refractivity contribution is 7.80. The van der Waals surface area contributed by atoms with Gasteiger partial charge >= 0.3 is 0 Å². The second-order valence-corrected chi connectivity index (χ2v) is 6.12. The quantitative estimate of drug-likeness (QED) is 0.821. The van der Waals surface area contributed by atoms with Gasteiger partial charge in [0.25, 0.3) is 0 Å². The molecule has 1 aliphatic carbocycles. The van der Waals surface area contributed by atoms with Crippen molar-refractivity contribution in [2.24, 2.45) is 11.7 Å². The summed E-state index contributed by atoms with van der Waals surface area (Å²) in [6.07, 6.45) is 4.71. The summed E-state index contributed by atoms with van der Waals surface area (Å²) in [5, 5.41) is 2.81. The van der Waals surface area contributed by atoms with Gasteiger partial charge in [-0.1, -0.05) is 19.1 Å². The van der Waals surface area contributed by atoms with Crippen molar-refractivity contribution < 1.29 is 9.53 Å². The Labute approximate surface area is 131 Å². The molecular formula is C16H22N2O2S. The van der Waals surface area contributed by atoms with Gasteiger partial charge < -0.3 is 15.8 Å². The first-order chi connectivity index (χ1) is 10.0. The number of amides is 1. The molecule has 114 valence electrons. The molecule has 1 saturated carbocycles. The number of carbonyl (C=O) groups is 1. The third-order valence-corrected chi connectivity index (χ3v) is 4.10. The molecule has 1 fully saturated rings. The van der Waals surface area contributed by atoms with Crippen LogP contribution in [0.25, 0.3) is 0 Å². The molecule has 1 amide bonds. The van der Waals surface area contributed by atoms with Gasteiger partial charge in [-0.15, -0.1) is 0 Å². The summed E-state index contributed by atoms with van der Waals surface area (Å²) in [6, 6.07) is 7.16. The molecule has 1 aliphatic rings. The average Bonchev–Trinajstić information content (AvgIpc) is 2.47. The van der Waals surface area contributed by atoms with Crippen molar-refractivity contribution in [3.8, 4) is 0 Å². The van der Waals surface area contributed by atoms with Gasteiger partial charge in [0.05, 0.1) is 6.10 Å². The lowest BCUT2D eigenvalue weighted by Crippen LogP contribution is -2.26. The Hall–Kier alpha value is -1.46. The van der Waals surface area contributed by atoms with Crippen molar-refractivity contribution in [3.05, 3.63) is 29.8 Å². The molecule has 0 bridgehead atoms. The zero-order valence-corrected chi connectivity index (χ0v) is 13.1. The maximum absolute atomic E-state index is 11.9. The molecule has 0 saturated heterocycles. The molecule has 0 radical (unpaired) electrons. The summed E-state index contributed by atoms with van der Waals surface area (Å²) < 4.78 is 5.67. The molecule has 0 spiro atoms. The Morgan fingerprint density at radius 2 is 1.90 bits per heavy atom. The van der Waals surface area contributed by atoms with Gasteiger partial charge in [-0.25, -0.2) is 0 Å². The van der Waals surface area contributed by atoms with E-state index in [1.165, 1.54) is 12.8 Å². The molecule has 21 heavy (non-hydrogen) atoms. The number of nitrogens with two attached hydrogens (primary N) is 1. The van der Waals surface area contributed by atoms with E-state index in [1.807, 2.05) is 0 Å². The number of ether oxygens (including phenoxy) is 1. The summed E-state index contributed by atoms with van der Waals surface area (Å²) in [7, 11) is 0. The Morgan fingerprint density at radius 1 is 1.29 bits per heavy atom. The molecular weight excluding hydrogens is 284 g/mol. The largest absolute Gasteiger partial charge is 0.389 e. The van der Waals surface area contributed by atoms with Crippen LogP contribution in [0.3, 0.4) is 0 Å². The predicted molar refractivity (Wildman–Crippen MR) is 88.3 cm³/mol. The smallest absolute Gasteiger partial charge is 0.250 e. The van der Waals surface area contributed by atoms with Gasteiger partial charge in [0, 0.05) is 11.3 Å². The number of rotatable bonds is 5. The van der Waals surface area contributed by atoms with Crippen molar-refractivity contribution in [1.29, 1.82) is 0 Å². The number of anilines is 1. The second kappa shape index (κ2) is 7.52. The van der Waals surface area contributed by atoms with Gasteiger partial charge in [0.2, 0.25) is 5.91 Å². The lowest BCUT2D eigenvalue weighted by atomic mass is 9.89. The standard InChI is InChI=1S/C16H22N2O2S/c1-11-2-8-14(9-3-11)20-10-15(19)18-13-6-4-12(5-7-13)16(17)21/h4-7,11,14H,2-3,8-10H2,1H3,(H2,17,21)(H,18,19). The van der Waals surface area contributed by atoms with Gasteiger partial charge in [0.1, 0.15) is 11.6 Å². The van der Waals surface area contributed by atoms with E-state index in [-0.39, 0.29) is 18.6 Å². The third-order valence-electron chi connectivity index (χ3n) is 3.87. The van der Waals surface area contributed by atoms with Crippen molar-refractivity contribution in [1.82, 2.24) is 0 Å². The maximum atomic E-state index is 11.9. The molecule has 0 heterocycles. The molecule has 1 aromatic carbocycles. The molecule has 3 N–H and O–H groups in total. The Morgan fingerprint density at radius 3 is 2.48 bits per heavy atom. The molecule has 5 heteroatoms. The van der Waals surface area contributed by atoms with Crippen LogP contribution in [0.5, 0.6) is 0 Å². The summed E-state index contributed by atoms with van der Waals surface area (Å²) >= 11 is 4.89. The average molecular weight is 306 g/mol. The Bertz CT molecular complexity index is 494. The summed E-state index contributed by atoms with van der Waals surface area (Å²) in [5.41, 5.74) is 7.04. The van der Waals surface area contributed by atoms with E-state index in [0.717, 1.165) is 30.0 Å². The Kier molecular flexibility index (Phi) is 5.70. The number of thiocarbonyl (C=S) groups is 1. The zero-order chi connectivity index (χ0) is 15.2. The number of hydrogen-bond donors (Lipinski definition) is 2. The van der Waals surface area contributed by atoms with Crippen LogP contribution in [0.2, 0.25) is 0 Å². The van der Waals surface area contributed by atoms with Crippen LogP contribution < -0.4 is 11.1 Å². The first-order valence-electron chi connectivity index (χ1n) is 7.36. The third kappa shape index (κ3) is 5.10. The summed E-state index contributed by atoms with van der Waals surface area (Å²) in [5.74, 6) is 0.655. The minimum absolute atomic E-state index is 0.107. The minimum atomic E-state index is -0.128. The molecule has 0 atom stereocenters. The van der Waals surface area contributed by atoms with E-state index in [9.17, 15) is 4.79 Å². The van der Waals surface area contributed by atoms with Gasteiger partial charge in [0.15, 0.2) is 0 Å². The van der Waals surface area contributed by atoms with Crippen molar-refractivity contribution >= 4 is 28.8 Å². The van der Waals surface area contributed by atoms with Gasteiger partial charge in [-0.3, -0.25) is 4.79 Å². The number of carbonyl (C=O) groups excluding carboxylic acids is 1. The molecule has 4 nitrogen and oxygen atoms in total. The maximum Gasteiger partial charge on any atom is 0.250 e. The van der Waals surface area contributed by atoms with Crippen LogP contribution >= 0.6 is 12.2 Å². The monoisotopic (exact) mass is 306 g/mol. The number of hydrogen-bond acceptors (Lipinski definition) is 3. The highest BCUT2D eigenvalue weighted by Crippen LogP contribution is 2.25. The Balaban J connectivity index is 1.75. The van der Waals surface area contributed by atoms with Crippen molar-refractivity contribution in [3.63, 3.8) is 0 Å². The first kappa shape index (κ1) is 15.9. The molecule has 0 aliphatic heterocycles. The molecule has 0 aromatic heterocycles. The normalized spacial score (nSPS) is 21.8. The number of benzene rings is 1. The van der Waals surface area contributed by atoms with E-state index in [4.69, 9.17) is 22.7 Å². The minimum Gasteiger partial charge on any atom is -0.389 e. The van der Waals surface area contributed by atoms with Crippen molar-refractivity contribution in [2.75, 3.05) is 11.9 Å². The lowest BCUT2D eigenvalue weighted by molar-refractivity contribution is -0.123. The fourth-order valence-electron chi connectivity index (χ4n) is 2.50. The van der Waals surface area contributed by atoms with E-state index in [1.54, 1.807) is 24.3 Å². The van der Waals surface area contributed by atoms with Crippen molar-refractivity contribution in [2.45, 2.75) is 38.7 Å². The van der Waals surface area contributed by atoms with Crippen LogP contribution in [0.1, 0.15) is 38.2 Å². The molecule has 0 unspecified atom stereocenters. The predicted octanol–water partition coefficient (Wildman–Crippen LogP) is 2.85. The summed E-state index contributed by atoms with van der Waals surface area (Å²) in [4.78, 5) is 12.2. The van der Waals surface area contributed by atoms with E-state index >= 15 is 0 Å². The van der Waals surface area contributed by atoms with E-state index < -0.39 is 0 Å². The highest BCUT2D eigenvalue weighted by Gasteiger charge is 2.19. The fourth-order valence-corrected chi connectivity index (χ4v) is 2.64. The fraction of sp³-hybridized carbons (Fsp3) is 0.500. The highest BCUT2D eigenvalue weighted by atomic mass is 32.1. The van der Waals surface area contributed by atoms with E-state index in [0.29, 0.717) is 4.99 Å². The molecule has 1 aromatic rings. The first-order valence-corrected chi connectivity index (χ1v) is 7.76. The zero-order valence-electron chi connectivity index (χ0n) is 12.3. The van der Waals surface area contributed by atoms with Crippen LogP contribution in [0.4, 0.5) is 5.69 Å². The van der Waals surface area contributed by atoms with Crippen LogP contribution in [0.15, 0.2) is 24.3 Å². The van der Waals surface area contributed by atoms with Crippen LogP contribution in [-0.2, 0) is 9.53 Å². The SMILES string of the molecule is CC1CCC(OCC(=O)Nc2ccc(C(N)=S)cc2)CC1. The topological polar surface area (TPSA) is 64.3 Å². The van der Waals surface area contributed by atoms with Gasteiger partial charge in [-0.2, -0.15) is 0 Å². The number of nitrogens with one attached hydrogen (secondary N) is 1.